The fourth-order valence-corrected chi connectivity index (χ4v) is 4.96. The highest BCUT2D eigenvalue weighted by Gasteiger charge is 2.40. The number of carbonyl (C=O) groups excluding carboxylic acids is 2. The van der Waals surface area contributed by atoms with Gasteiger partial charge in [0.15, 0.2) is 0 Å². The van der Waals surface area contributed by atoms with Crippen LogP contribution >= 0.6 is 11.8 Å². The molecule has 0 N–H and O–H groups in total. The summed E-state index contributed by atoms with van der Waals surface area (Å²) in [5.41, 5.74) is 4.46. The van der Waals surface area contributed by atoms with Crippen molar-refractivity contribution in [2.24, 2.45) is 0 Å². The molecule has 0 radical (unpaired) electrons. The molecule has 1 aliphatic heterocycles. The van der Waals surface area contributed by atoms with Crippen LogP contribution in [0.5, 0.6) is 11.5 Å². The van der Waals surface area contributed by atoms with Crippen molar-refractivity contribution < 1.29 is 19.1 Å². The maximum atomic E-state index is 13.2. The van der Waals surface area contributed by atoms with E-state index in [4.69, 9.17) is 14.5 Å². The van der Waals surface area contributed by atoms with Crippen LogP contribution in [0.3, 0.4) is 0 Å². The molecule has 0 bridgehead atoms. The van der Waals surface area contributed by atoms with E-state index in [1.54, 1.807) is 26.4 Å². The molecule has 1 aromatic heterocycles. The molecule has 1 aliphatic rings. The van der Waals surface area contributed by atoms with Crippen LogP contribution in [0.15, 0.2) is 78.0 Å². The Hall–Kier alpha value is -4.24. The number of hydrogen-bond acceptors (Lipinski definition) is 8. The van der Waals surface area contributed by atoms with E-state index < -0.39 is 5.25 Å². The van der Waals surface area contributed by atoms with Crippen molar-refractivity contribution >= 4 is 29.3 Å². The number of aryl methyl sites for hydroxylation is 1. The first kappa shape index (κ1) is 24.5. The second-order valence-corrected chi connectivity index (χ2v) is 9.63. The lowest BCUT2D eigenvalue weighted by atomic mass is 10.0. The Balaban J connectivity index is 1.47. The first-order valence-corrected chi connectivity index (χ1v) is 12.5. The highest BCUT2D eigenvalue weighted by molar-refractivity contribution is 8.00. The van der Waals surface area contributed by atoms with Crippen LogP contribution in [-0.4, -0.2) is 46.5 Å². The van der Waals surface area contributed by atoms with Crippen LogP contribution in [-0.2, 0) is 9.59 Å². The Morgan fingerprint density at radius 1 is 0.784 bits per heavy atom. The van der Waals surface area contributed by atoms with Gasteiger partial charge < -0.3 is 9.47 Å². The summed E-state index contributed by atoms with van der Waals surface area (Å²) >= 11 is 1.15. The van der Waals surface area contributed by atoms with E-state index in [-0.39, 0.29) is 18.2 Å². The van der Waals surface area contributed by atoms with Crippen molar-refractivity contribution in [3.05, 3.63) is 78.4 Å². The molecule has 1 fully saturated rings. The van der Waals surface area contributed by atoms with Gasteiger partial charge in [0, 0.05) is 17.5 Å². The number of ether oxygens (including phenoxy) is 2. The summed E-state index contributed by atoms with van der Waals surface area (Å²) in [6.07, 6.45) is 0.0683. The van der Waals surface area contributed by atoms with E-state index in [9.17, 15) is 9.59 Å². The van der Waals surface area contributed by atoms with Gasteiger partial charge in [-0.2, -0.15) is 0 Å². The minimum Gasteiger partial charge on any atom is -0.497 e. The third-order valence-electron chi connectivity index (χ3n) is 6.04. The van der Waals surface area contributed by atoms with Crippen molar-refractivity contribution in [3.63, 3.8) is 0 Å². The molecule has 8 nitrogen and oxygen atoms in total. The SMILES string of the molecule is COc1ccc(-c2nnc(SC3CC(=O)N(c4ccc(C)cc4)C3=O)nc2-c2ccc(OC)cc2)cc1. The van der Waals surface area contributed by atoms with Gasteiger partial charge in [-0.15, -0.1) is 10.2 Å². The van der Waals surface area contributed by atoms with Gasteiger partial charge in [-0.05, 0) is 67.6 Å². The molecule has 1 unspecified atom stereocenters. The minimum absolute atomic E-state index is 0.0683. The van der Waals surface area contributed by atoms with Gasteiger partial charge in [-0.1, -0.05) is 29.5 Å². The zero-order valence-corrected chi connectivity index (χ0v) is 21.4. The summed E-state index contributed by atoms with van der Waals surface area (Å²) in [6, 6.07) is 22.3. The number of rotatable bonds is 7. The number of imide groups is 1. The molecule has 0 spiro atoms. The molecular formula is C28H24N4O4S. The minimum atomic E-state index is -0.633. The summed E-state index contributed by atoms with van der Waals surface area (Å²) in [5.74, 6) is 0.917. The van der Waals surface area contributed by atoms with Crippen LogP contribution in [0.25, 0.3) is 22.5 Å². The molecule has 0 saturated carbocycles. The quantitative estimate of drug-likeness (QED) is 0.321. The van der Waals surface area contributed by atoms with E-state index in [1.165, 1.54) is 4.90 Å². The first-order chi connectivity index (χ1) is 18.0. The summed E-state index contributed by atoms with van der Waals surface area (Å²) in [6.45, 7) is 1.95. The third kappa shape index (κ3) is 5.03. The van der Waals surface area contributed by atoms with Crippen LogP contribution < -0.4 is 14.4 Å². The average Bonchev–Trinajstić information content (AvgIpc) is 3.21. The zero-order valence-electron chi connectivity index (χ0n) is 20.5. The smallest absolute Gasteiger partial charge is 0.247 e. The van der Waals surface area contributed by atoms with Crippen molar-refractivity contribution in [3.8, 4) is 34.0 Å². The second kappa shape index (κ2) is 10.4. The number of amides is 2. The predicted octanol–water partition coefficient (Wildman–Crippen LogP) is 4.96. The topological polar surface area (TPSA) is 94.5 Å². The highest BCUT2D eigenvalue weighted by atomic mass is 32.2. The molecule has 9 heteroatoms. The van der Waals surface area contributed by atoms with E-state index in [0.29, 0.717) is 22.2 Å². The molecule has 1 saturated heterocycles. The highest BCUT2D eigenvalue weighted by Crippen LogP contribution is 2.36. The van der Waals surface area contributed by atoms with Crippen LogP contribution in [0, 0.1) is 6.92 Å². The van der Waals surface area contributed by atoms with Gasteiger partial charge in [0.05, 0.1) is 19.9 Å². The number of anilines is 1. The fraction of sp³-hybridized carbons (Fsp3) is 0.179. The molecule has 2 amide bonds. The van der Waals surface area contributed by atoms with Gasteiger partial charge in [-0.3, -0.25) is 9.59 Å². The number of hydrogen-bond donors (Lipinski definition) is 0. The number of thioether (sulfide) groups is 1. The molecule has 1 atom stereocenters. The predicted molar refractivity (Wildman–Crippen MR) is 142 cm³/mol. The Labute approximate surface area is 218 Å². The summed E-state index contributed by atoms with van der Waals surface area (Å²) in [5, 5.41) is 8.48. The van der Waals surface area contributed by atoms with E-state index in [0.717, 1.165) is 40.0 Å². The van der Waals surface area contributed by atoms with Crippen molar-refractivity contribution in [2.45, 2.75) is 23.8 Å². The van der Waals surface area contributed by atoms with Crippen molar-refractivity contribution in [1.29, 1.82) is 0 Å². The normalized spacial score (nSPS) is 15.2. The van der Waals surface area contributed by atoms with Gasteiger partial charge in [-0.25, -0.2) is 9.88 Å². The summed E-state index contributed by atoms with van der Waals surface area (Å²) in [7, 11) is 3.22. The molecule has 5 rings (SSSR count). The fourth-order valence-electron chi connectivity index (χ4n) is 4.04. The van der Waals surface area contributed by atoms with E-state index in [2.05, 4.69) is 10.2 Å². The lowest BCUT2D eigenvalue weighted by Gasteiger charge is -2.15. The number of carbonyl (C=O) groups is 2. The molecule has 3 aromatic carbocycles. The largest absolute Gasteiger partial charge is 0.497 e. The van der Waals surface area contributed by atoms with E-state index in [1.807, 2.05) is 67.6 Å². The van der Waals surface area contributed by atoms with Crippen LogP contribution in [0.2, 0.25) is 0 Å². The second-order valence-electron chi connectivity index (χ2n) is 8.46. The van der Waals surface area contributed by atoms with E-state index >= 15 is 0 Å². The Kier molecular flexibility index (Phi) is 6.87. The molecular weight excluding hydrogens is 488 g/mol. The Morgan fingerprint density at radius 3 is 1.92 bits per heavy atom. The maximum absolute atomic E-state index is 13.2. The number of benzene rings is 3. The number of methoxy groups -OCH3 is 2. The van der Waals surface area contributed by atoms with Gasteiger partial charge in [0.1, 0.15) is 28.1 Å². The number of aromatic nitrogens is 3. The lowest BCUT2D eigenvalue weighted by Crippen LogP contribution is -2.31. The van der Waals surface area contributed by atoms with Gasteiger partial charge in [0.25, 0.3) is 0 Å². The van der Waals surface area contributed by atoms with Gasteiger partial charge >= 0.3 is 0 Å². The standard InChI is InChI=1S/C28H24N4O4S/c1-17-4-10-20(11-5-17)32-24(33)16-23(27(32)34)37-28-29-25(18-6-12-21(35-2)13-7-18)26(30-31-28)19-8-14-22(36-3)15-9-19/h4-15,23H,16H2,1-3H3. The van der Waals surface area contributed by atoms with Crippen molar-refractivity contribution in [2.75, 3.05) is 19.1 Å². The summed E-state index contributed by atoms with van der Waals surface area (Å²) in [4.78, 5) is 31.9. The average molecular weight is 513 g/mol. The zero-order chi connectivity index (χ0) is 25.9. The van der Waals surface area contributed by atoms with Gasteiger partial charge in [0.2, 0.25) is 17.0 Å². The molecule has 0 aliphatic carbocycles. The molecule has 4 aromatic rings. The van der Waals surface area contributed by atoms with Crippen molar-refractivity contribution in [1.82, 2.24) is 15.2 Å². The maximum Gasteiger partial charge on any atom is 0.247 e. The van der Waals surface area contributed by atoms with Crippen LogP contribution in [0.1, 0.15) is 12.0 Å². The monoisotopic (exact) mass is 512 g/mol. The molecule has 2 heterocycles. The Morgan fingerprint density at radius 2 is 1.35 bits per heavy atom. The first-order valence-electron chi connectivity index (χ1n) is 11.6. The van der Waals surface area contributed by atoms with Crippen LogP contribution in [0.4, 0.5) is 5.69 Å². The third-order valence-corrected chi connectivity index (χ3v) is 7.08. The lowest BCUT2D eigenvalue weighted by molar-refractivity contribution is -0.121. The summed E-state index contributed by atoms with van der Waals surface area (Å²) < 4.78 is 10.6. The molecule has 186 valence electrons. The Bertz CT molecular complexity index is 1440. The number of nitrogens with zero attached hydrogens (tertiary/aromatic N) is 4. The molecule has 37 heavy (non-hydrogen) atoms.